The maximum absolute atomic E-state index is 10.8. The van der Waals surface area contributed by atoms with E-state index >= 15 is 0 Å². The minimum absolute atomic E-state index is 0.117. The van der Waals surface area contributed by atoms with E-state index in [4.69, 9.17) is 0 Å². The monoisotopic (exact) mass is 168 g/mol. The van der Waals surface area contributed by atoms with Gasteiger partial charge in [-0.25, -0.2) is 0 Å². The second-order valence-electron chi connectivity index (χ2n) is 2.83. The van der Waals surface area contributed by atoms with E-state index in [-0.39, 0.29) is 6.04 Å². The summed E-state index contributed by atoms with van der Waals surface area (Å²) in [5.74, 6) is 0. The van der Waals surface area contributed by atoms with Crippen LogP contribution in [-0.4, -0.2) is 30.3 Å². The van der Waals surface area contributed by atoms with Crippen LogP contribution in [0.15, 0.2) is 23.9 Å². The molecule has 0 amide bonds. The molecule has 0 aromatic heterocycles. The van der Waals surface area contributed by atoms with Gasteiger partial charge in [0, 0.05) is 11.7 Å². The molecule has 4 heteroatoms. The molecule has 0 radical (unpaired) electrons. The van der Waals surface area contributed by atoms with Crippen LogP contribution in [-0.2, 0) is 0 Å². The Kier molecular flexibility index (Phi) is 2.86. The highest BCUT2D eigenvalue weighted by Crippen LogP contribution is 2.15. The van der Waals surface area contributed by atoms with Crippen LogP contribution in [0.3, 0.4) is 0 Å². The molecule has 0 heterocycles. The zero-order chi connectivity index (χ0) is 9.14. The maximum atomic E-state index is 10.8. The first-order valence-corrected chi connectivity index (χ1v) is 3.80. The summed E-state index contributed by atoms with van der Waals surface area (Å²) in [6.07, 6.45) is 5.80. The number of allylic oxidation sites excluding steroid dienone is 1. The van der Waals surface area contributed by atoms with Gasteiger partial charge in [-0.15, -0.1) is 0 Å². The fourth-order valence-corrected chi connectivity index (χ4v) is 1.10. The van der Waals surface area contributed by atoms with Gasteiger partial charge in [-0.1, -0.05) is 12.2 Å². The molecule has 0 saturated carbocycles. The van der Waals surface area contributed by atoms with Crippen molar-refractivity contribution in [3.63, 3.8) is 0 Å². The number of rotatable bonds is 2. The highest BCUT2D eigenvalue weighted by molar-refractivity contribution is 5.24. The molecule has 0 bridgehead atoms. The van der Waals surface area contributed by atoms with Crippen LogP contribution in [0.2, 0.25) is 0 Å². The molecule has 1 atom stereocenters. The molecule has 68 valence electrons. The fraction of sp³-hybridized carbons (Fsp3) is 0.500. The Hall–Kier alpha value is -0.840. The molecular weight excluding hydrogens is 156 g/mol. The van der Waals surface area contributed by atoms with Gasteiger partial charge in [0.1, 0.15) is 0 Å². The second-order valence-corrected chi connectivity index (χ2v) is 2.83. The van der Waals surface area contributed by atoms with Gasteiger partial charge in [-0.3, -0.25) is 0 Å². The van der Waals surface area contributed by atoms with E-state index in [0.29, 0.717) is 12.1 Å². The minimum Gasteiger partial charge on any atom is -0.785 e. The molecule has 0 N–H and O–H groups in total. The van der Waals surface area contributed by atoms with Gasteiger partial charge in [0.25, 0.3) is 0 Å². The van der Waals surface area contributed by atoms with Crippen LogP contribution in [0, 0.1) is 10.4 Å². The lowest BCUT2D eigenvalue weighted by molar-refractivity contribution is 0.382. The van der Waals surface area contributed by atoms with Crippen molar-refractivity contribution in [2.75, 3.05) is 14.1 Å². The summed E-state index contributed by atoms with van der Waals surface area (Å²) >= 11 is 0. The molecule has 0 aliphatic heterocycles. The Morgan fingerprint density at radius 2 is 2.08 bits per heavy atom. The van der Waals surface area contributed by atoms with E-state index < -0.39 is 0 Å². The summed E-state index contributed by atoms with van der Waals surface area (Å²) in [5, 5.41) is 23.3. The largest absolute Gasteiger partial charge is 0.785 e. The van der Waals surface area contributed by atoms with Crippen LogP contribution in [0.5, 0.6) is 0 Å². The average molecular weight is 168 g/mol. The Morgan fingerprint density at radius 3 is 2.42 bits per heavy atom. The normalized spacial score (nSPS) is 22.8. The van der Waals surface area contributed by atoms with Gasteiger partial charge in [-0.2, -0.15) is 0 Å². The lowest BCUT2D eigenvalue weighted by Crippen LogP contribution is -2.26. The summed E-state index contributed by atoms with van der Waals surface area (Å²) < 4.78 is 0. The van der Waals surface area contributed by atoms with E-state index in [0.717, 1.165) is 10.1 Å². The van der Waals surface area contributed by atoms with Crippen LogP contribution in [0.1, 0.15) is 6.42 Å². The van der Waals surface area contributed by atoms with Gasteiger partial charge in [0.05, 0.1) is 0 Å². The van der Waals surface area contributed by atoms with Gasteiger partial charge in [0.15, 0.2) is 0 Å². The van der Waals surface area contributed by atoms with Crippen molar-refractivity contribution in [2.45, 2.75) is 12.5 Å². The SMILES string of the molecule is CN([O-])C1=CCC(N(C)[O-])C=C1. The predicted molar refractivity (Wildman–Crippen MR) is 47.9 cm³/mol. The van der Waals surface area contributed by atoms with E-state index in [9.17, 15) is 10.4 Å². The van der Waals surface area contributed by atoms with E-state index in [2.05, 4.69) is 0 Å². The Labute approximate surface area is 71.9 Å². The van der Waals surface area contributed by atoms with Crippen molar-refractivity contribution < 1.29 is 0 Å². The van der Waals surface area contributed by atoms with E-state index in [1.54, 1.807) is 18.2 Å². The zero-order valence-electron chi connectivity index (χ0n) is 7.23. The third kappa shape index (κ3) is 2.07. The number of hydrogen-bond donors (Lipinski definition) is 0. The molecule has 4 nitrogen and oxygen atoms in total. The first kappa shape index (κ1) is 9.25. The predicted octanol–water partition coefficient (Wildman–Crippen LogP) is 1.06. The molecule has 1 aliphatic carbocycles. The van der Waals surface area contributed by atoms with Crippen molar-refractivity contribution in [2.24, 2.45) is 0 Å². The van der Waals surface area contributed by atoms with Crippen molar-refractivity contribution in [3.05, 3.63) is 34.3 Å². The molecule has 1 rings (SSSR count). The molecule has 1 unspecified atom stereocenters. The van der Waals surface area contributed by atoms with Crippen LogP contribution >= 0.6 is 0 Å². The lowest BCUT2D eigenvalue weighted by atomic mass is 10.1. The first-order valence-electron chi connectivity index (χ1n) is 3.80. The smallest absolute Gasteiger partial charge is 0.0214 e. The molecule has 0 aromatic carbocycles. The fourth-order valence-electron chi connectivity index (χ4n) is 1.10. The highest BCUT2D eigenvalue weighted by atomic mass is 16.5. The number of hydroxylamine groups is 4. The van der Waals surface area contributed by atoms with E-state index in [1.165, 1.54) is 14.1 Å². The molecule has 0 saturated heterocycles. The molecule has 1 aliphatic rings. The van der Waals surface area contributed by atoms with Gasteiger partial charge in [-0.05, 0) is 26.6 Å². The van der Waals surface area contributed by atoms with Crippen molar-refractivity contribution >= 4 is 0 Å². The lowest BCUT2D eigenvalue weighted by Gasteiger charge is -2.34. The molecule has 0 fully saturated rings. The quantitative estimate of drug-likeness (QED) is 0.578. The van der Waals surface area contributed by atoms with E-state index in [1.807, 2.05) is 0 Å². The molecule has 12 heavy (non-hydrogen) atoms. The Morgan fingerprint density at radius 1 is 1.42 bits per heavy atom. The highest BCUT2D eigenvalue weighted by Gasteiger charge is 2.06. The minimum atomic E-state index is -0.117. The summed E-state index contributed by atoms with van der Waals surface area (Å²) in [4.78, 5) is 0. The first-order chi connectivity index (χ1) is 5.61. The van der Waals surface area contributed by atoms with Gasteiger partial charge >= 0.3 is 0 Å². The number of likely N-dealkylation sites (N-methyl/N-ethyl adjacent to an activating group) is 2. The second kappa shape index (κ2) is 3.71. The zero-order valence-corrected chi connectivity index (χ0v) is 7.23. The summed E-state index contributed by atoms with van der Waals surface area (Å²) in [6.45, 7) is 0. The third-order valence-corrected chi connectivity index (χ3v) is 1.89. The molecule has 0 spiro atoms. The summed E-state index contributed by atoms with van der Waals surface area (Å²) in [7, 11) is 2.92. The molecular formula is C8H12N2O2-2. The topological polar surface area (TPSA) is 52.6 Å². The maximum Gasteiger partial charge on any atom is 0.0214 e. The van der Waals surface area contributed by atoms with Crippen LogP contribution < -0.4 is 0 Å². The Bertz CT molecular complexity index is 209. The Balaban J connectivity index is 2.55. The summed E-state index contributed by atoms with van der Waals surface area (Å²) in [6, 6.07) is -0.117. The van der Waals surface area contributed by atoms with Crippen molar-refractivity contribution in [1.82, 2.24) is 10.1 Å². The van der Waals surface area contributed by atoms with Gasteiger partial charge in [0.2, 0.25) is 0 Å². The van der Waals surface area contributed by atoms with Crippen molar-refractivity contribution in [1.29, 1.82) is 0 Å². The average Bonchev–Trinajstić information content (AvgIpc) is 2.04. The number of nitrogens with zero attached hydrogens (tertiary/aromatic N) is 2. The number of hydrogen-bond acceptors (Lipinski definition) is 4. The van der Waals surface area contributed by atoms with Gasteiger partial charge < -0.3 is 20.5 Å². The molecule has 0 aromatic rings. The summed E-state index contributed by atoms with van der Waals surface area (Å²) in [5.41, 5.74) is 0.619. The third-order valence-electron chi connectivity index (χ3n) is 1.89. The van der Waals surface area contributed by atoms with Crippen LogP contribution in [0.4, 0.5) is 0 Å². The van der Waals surface area contributed by atoms with Crippen molar-refractivity contribution in [3.8, 4) is 0 Å². The standard InChI is InChI=1S/C8H12N2O2/c1-9(11)7-3-5-8(6-4-7)10(2)12/h3-5,8H,6H2,1-2H3/q-2. The van der Waals surface area contributed by atoms with Crippen LogP contribution in [0.25, 0.3) is 0 Å².